The van der Waals surface area contributed by atoms with E-state index >= 15 is 0 Å². The van der Waals surface area contributed by atoms with E-state index in [1.807, 2.05) is 0 Å². The lowest BCUT2D eigenvalue weighted by atomic mass is 10.1. The number of halogens is 3. The van der Waals surface area contributed by atoms with Crippen molar-refractivity contribution in [3.63, 3.8) is 0 Å². The third-order valence-corrected chi connectivity index (χ3v) is 2.61. The molecule has 1 aromatic heterocycles. The fourth-order valence-electron chi connectivity index (χ4n) is 1.25. The Morgan fingerprint density at radius 1 is 1.19 bits per heavy atom. The van der Waals surface area contributed by atoms with Crippen LogP contribution in [0, 0.1) is 5.82 Å². The molecule has 1 aromatic carbocycles. The Bertz CT molecular complexity index is 546. The van der Waals surface area contributed by atoms with Gasteiger partial charge in [-0.15, -0.1) is 0 Å². The standard InChI is InChI=1S/C10H6Cl2FN3/c11-5-1-2-6(7(13)3-5)9-8(12)10(14)16-4-15-9/h1-4H,(H2,14,15,16). The molecule has 2 N–H and O–H groups in total. The molecule has 0 amide bonds. The van der Waals surface area contributed by atoms with Gasteiger partial charge in [0.1, 0.15) is 23.0 Å². The predicted octanol–water partition coefficient (Wildman–Crippen LogP) is 3.17. The molecule has 0 spiro atoms. The van der Waals surface area contributed by atoms with Gasteiger partial charge >= 0.3 is 0 Å². The maximum absolute atomic E-state index is 13.6. The molecule has 82 valence electrons. The molecule has 6 heteroatoms. The van der Waals surface area contributed by atoms with E-state index in [0.717, 1.165) is 0 Å². The quantitative estimate of drug-likeness (QED) is 0.854. The third kappa shape index (κ3) is 1.94. The van der Waals surface area contributed by atoms with Crippen LogP contribution >= 0.6 is 23.2 Å². The van der Waals surface area contributed by atoms with Gasteiger partial charge in [-0.2, -0.15) is 0 Å². The van der Waals surface area contributed by atoms with Crippen LogP contribution in [-0.4, -0.2) is 9.97 Å². The summed E-state index contributed by atoms with van der Waals surface area (Å²) in [6.07, 6.45) is 1.23. The highest BCUT2D eigenvalue weighted by molar-refractivity contribution is 6.35. The average Bonchev–Trinajstić information content (AvgIpc) is 2.23. The zero-order chi connectivity index (χ0) is 11.7. The third-order valence-electron chi connectivity index (χ3n) is 2.00. The van der Waals surface area contributed by atoms with Gasteiger partial charge in [0.2, 0.25) is 0 Å². The average molecular weight is 258 g/mol. The number of hydrogen-bond donors (Lipinski definition) is 1. The Morgan fingerprint density at radius 2 is 1.94 bits per heavy atom. The first kappa shape index (κ1) is 11.1. The van der Waals surface area contributed by atoms with Crippen molar-refractivity contribution in [2.75, 3.05) is 5.73 Å². The number of hydrogen-bond acceptors (Lipinski definition) is 3. The van der Waals surface area contributed by atoms with Crippen LogP contribution in [0.3, 0.4) is 0 Å². The van der Waals surface area contributed by atoms with Gasteiger partial charge in [0.05, 0.1) is 5.69 Å². The van der Waals surface area contributed by atoms with E-state index in [4.69, 9.17) is 28.9 Å². The van der Waals surface area contributed by atoms with Crippen LogP contribution in [0.4, 0.5) is 10.2 Å². The van der Waals surface area contributed by atoms with Gasteiger partial charge in [-0.05, 0) is 18.2 Å². The summed E-state index contributed by atoms with van der Waals surface area (Å²) in [6.45, 7) is 0. The number of rotatable bonds is 1. The van der Waals surface area contributed by atoms with Crippen LogP contribution < -0.4 is 5.73 Å². The summed E-state index contributed by atoms with van der Waals surface area (Å²) >= 11 is 11.5. The SMILES string of the molecule is Nc1ncnc(-c2ccc(Cl)cc2F)c1Cl. The Balaban J connectivity index is 2.63. The minimum Gasteiger partial charge on any atom is -0.382 e. The summed E-state index contributed by atoms with van der Waals surface area (Å²) in [7, 11) is 0. The van der Waals surface area contributed by atoms with E-state index in [2.05, 4.69) is 9.97 Å². The van der Waals surface area contributed by atoms with Crippen molar-refractivity contribution in [3.05, 3.63) is 40.4 Å². The highest BCUT2D eigenvalue weighted by Gasteiger charge is 2.13. The Labute approximate surface area is 101 Å². The van der Waals surface area contributed by atoms with Gasteiger partial charge in [0, 0.05) is 10.6 Å². The lowest BCUT2D eigenvalue weighted by Crippen LogP contribution is -1.96. The van der Waals surface area contributed by atoms with Gasteiger partial charge in [-0.3, -0.25) is 0 Å². The summed E-state index contributed by atoms with van der Waals surface area (Å²) in [6, 6.07) is 4.23. The van der Waals surface area contributed by atoms with Gasteiger partial charge < -0.3 is 5.73 Å². The smallest absolute Gasteiger partial charge is 0.146 e. The molecule has 0 aliphatic rings. The molecule has 0 saturated carbocycles. The molecule has 1 heterocycles. The lowest BCUT2D eigenvalue weighted by molar-refractivity contribution is 0.631. The molecule has 3 nitrogen and oxygen atoms in total. The topological polar surface area (TPSA) is 51.8 Å². The predicted molar refractivity (Wildman–Crippen MR) is 61.9 cm³/mol. The second-order valence-corrected chi connectivity index (χ2v) is 3.86. The monoisotopic (exact) mass is 257 g/mol. The summed E-state index contributed by atoms with van der Waals surface area (Å²) in [4.78, 5) is 7.59. The van der Waals surface area contributed by atoms with E-state index in [-0.39, 0.29) is 22.1 Å². The summed E-state index contributed by atoms with van der Waals surface area (Å²) in [5.74, 6) is -0.395. The fourth-order valence-corrected chi connectivity index (χ4v) is 1.61. The Morgan fingerprint density at radius 3 is 2.62 bits per heavy atom. The van der Waals surface area contributed by atoms with E-state index in [9.17, 15) is 4.39 Å². The first-order valence-corrected chi connectivity index (χ1v) is 5.06. The molecular weight excluding hydrogens is 252 g/mol. The Kier molecular flexibility index (Phi) is 2.94. The molecule has 0 saturated heterocycles. The van der Waals surface area contributed by atoms with Gasteiger partial charge in [-0.1, -0.05) is 23.2 Å². The number of nitrogens with zero attached hydrogens (tertiary/aromatic N) is 2. The molecule has 0 radical (unpaired) electrons. The molecule has 0 aliphatic heterocycles. The zero-order valence-electron chi connectivity index (χ0n) is 7.92. The molecule has 0 fully saturated rings. The van der Waals surface area contributed by atoms with Crippen molar-refractivity contribution >= 4 is 29.0 Å². The fraction of sp³-hybridized carbons (Fsp3) is 0. The van der Waals surface area contributed by atoms with E-state index in [0.29, 0.717) is 5.02 Å². The molecule has 0 aliphatic carbocycles. The van der Waals surface area contributed by atoms with E-state index < -0.39 is 5.82 Å². The van der Waals surface area contributed by atoms with Crippen LogP contribution in [0.2, 0.25) is 10.0 Å². The second-order valence-electron chi connectivity index (χ2n) is 3.05. The van der Waals surface area contributed by atoms with Crippen molar-refractivity contribution in [2.24, 2.45) is 0 Å². The van der Waals surface area contributed by atoms with Crippen molar-refractivity contribution in [3.8, 4) is 11.3 Å². The van der Waals surface area contributed by atoms with Crippen LogP contribution in [0.15, 0.2) is 24.5 Å². The lowest BCUT2D eigenvalue weighted by Gasteiger charge is -2.06. The first-order valence-electron chi connectivity index (χ1n) is 4.31. The van der Waals surface area contributed by atoms with E-state index in [1.165, 1.54) is 18.5 Å². The Hall–Kier alpha value is -1.39. The zero-order valence-corrected chi connectivity index (χ0v) is 9.43. The molecule has 0 atom stereocenters. The largest absolute Gasteiger partial charge is 0.382 e. The minimum atomic E-state index is -0.507. The molecular formula is C10H6Cl2FN3. The molecule has 2 aromatic rings. The van der Waals surface area contributed by atoms with Crippen LogP contribution in [-0.2, 0) is 0 Å². The van der Waals surface area contributed by atoms with Crippen molar-refractivity contribution in [1.82, 2.24) is 9.97 Å². The van der Waals surface area contributed by atoms with Crippen LogP contribution in [0.25, 0.3) is 11.3 Å². The minimum absolute atomic E-state index is 0.112. The molecule has 2 rings (SSSR count). The second kappa shape index (κ2) is 4.23. The molecule has 16 heavy (non-hydrogen) atoms. The number of nitrogens with two attached hydrogens (primary N) is 1. The number of aromatic nitrogens is 2. The van der Waals surface area contributed by atoms with Crippen molar-refractivity contribution < 1.29 is 4.39 Å². The summed E-state index contributed by atoms with van der Waals surface area (Å²) in [5.41, 5.74) is 6.00. The summed E-state index contributed by atoms with van der Waals surface area (Å²) in [5, 5.41) is 0.433. The van der Waals surface area contributed by atoms with Crippen LogP contribution in [0.1, 0.15) is 0 Å². The van der Waals surface area contributed by atoms with Gasteiger partial charge in [-0.25, -0.2) is 14.4 Å². The normalized spacial score (nSPS) is 10.4. The van der Waals surface area contributed by atoms with Gasteiger partial charge in [0.15, 0.2) is 0 Å². The number of nitrogen functional groups attached to an aromatic ring is 1. The first-order chi connectivity index (χ1) is 7.59. The van der Waals surface area contributed by atoms with Crippen molar-refractivity contribution in [2.45, 2.75) is 0 Å². The number of benzene rings is 1. The maximum Gasteiger partial charge on any atom is 0.146 e. The highest BCUT2D eigenvalue weighted by atomic mass is 35.5. The van der Waals surface area contributed by atoms with E-state index in [1.54, 1.807) is 6.07 Å². The molecule has 0 unspecified atom stereocenters. The van der Waals surface area contributed by atoms with Gasteiger partial charge in [0.25, 0.3) is 0 Å². The highest BCUT2D eigenvalue weighted by Crippen LogP contribution is 2.31. The van der Waals surface area contributed by atoms with Crippen molar-refractivity contribution in [1.29, 1.82) is 0 Å². The molecule has 0 bridgehead atoms. The maximum atomic E-state index is 13.6. The summed E-state index contributed by atoms with van der Waals surface area (Å²) < 4.78 is 13.6. The van der Waals surface area contributed by atoms with Crippen LogP contribution in [0.5, 0.6) is 0 Å². The number of anilines is 1.